The molecule has 1 fully saturated rings. The zero-order chi connectivity index (χ0) is 19.7. The summed E-state index contributed by atoms with van der Waals surface area (Å²) in [5.41, 5.74) is -1.68. The molecule has 2 atom stereocenters. The third-order valence-corrected chi connectivity index (χ3v) is 6.32. The third kappa shape index (κ3) is 3.90. The molecule has 2 heterocycles. The first-order valence-corrected chi connectivity index (χ1v) is 9.72. The quantitative estimate of drug-likeness (QED) is 0.747. The minimum Gasteiger partial charge on any atom is -0.486 e. The lowest BCUT2D eigenvalue weighted by Gasteiger charge is -2.27. The molecule has 1 aromatic heterocycles. The van der Waals surface area contributed by atoms with Gasteiger partial charge in [0.25, 0.3) is 0 Å². The number of ether oxygens (including phenoxy) is 1. The fraction of sp³-hybridized carbons (Fsp3) is 0.294. The van der Waals surface area contributed by atoms with Gasteiger partial charge in [0.1, 0.15) is 34.1 Å². The van der Waals surface area contributed by atoms with Crippen molar-refractivity contribution in [3.05, 3.63) is 53.3 Å². The number of hydrogen-bond acceptors (Lipinski definition) is 7. The first-order chi connectivity index (χ1) is 12.8. The van der Waals surface area contributed by atoms with Crippen molar-refractivity contribution >= 4 is 21.6 Å². The average molecular weight is 410 g/mol. The van der Waals surface area contributed by atoms with Crippen LogP contribution in [0.1, 0.15) is 5.69 Å². The van der Waals surface area contributed by atoms with Crippen LogP contribution in [0, 0.1) is 11.3 Å². The molecule has 1 aliphatic heterocycles. The summed E-state index contributed by atoms with van der Waals surface area (Å²) in [4.78, 5) is 3.65. The number of aliphatic hydroxyl groups excluding tert-OH is 1. The monoisotopic (exact) mass is 409 g/mol. The molecule has 10 heteroatoms. The van der Waals surface area contributed by atoms with Crippen molar-refractivity contribution in [2.75, 3.05) is 19.7 Å². The molecule has 0 unspecified atom stereocenters. The summed E-state index contributed by atoms with van der Waals surface area (Å²) < 4.78 is 32.4. The number of benzene rings is 1. The van der Waals surface area contributed by atoms with Crippen molar-refractivity contribution in [2.45, 2.75) is 16.6 Å². The molecule has 0 aliphatic carbocycles. The van der Waals surface area contributed by atoms with Crippen LogP contribution < -0.4 is 4.74 Å². The number of hydrogen-bond donors (Lipinski definition) is 2. The number of pyridine rings is 1. The Balaban J connectivity index is 1.85. The molecule has 27 heavy (non-hydrogen) atoms. The normalized spacial score (nSPS) is 23.1. The second-order valence-corrected chi connectivity index (χ2v) is 8.48. The molecular weight excluding hydrogens is 394 g/mol. The van der Waals surface area contributed by atoms with E-state index in [4.69, 9.17) is 21.6 Å². The van der Waals surface area contributed by atoms with Gasteiger partial charge in [-0.1, -0.05) is 11.6 Å². The number of halogens is 1. The van der Waals surface area contributed by atoms with E-state index in [1.54, 1.807) is 24.3 Å². The van der Waals surface area contributed by atoms with Crippen LogP contribution in [0.15, 0.2) is 47.5 Å². The molecule has 1 aliphatic rings. The highest BCUT2D eigenvalue weighted by atomic mass is 35.5. The fourth-order valence-corrected chi connectivity index (χ4v) is 4.31. The second-order valence-electron chi connectivity index (χ2n) is 6.11. The van der Waals surface area contributed by atoms with Crippen molar-refractivity contribution in [2.24, 2.45) is 0 Å². The van der Waals surface area contributed by atoms with Crippen LogP contribution in [-0.2, 0) is 10.0 Å². The maximum atomic E-state index is 12.8. The van der Waals surface area contributed by atoms with Crippen molar-refractivity contribution in [3.8, 4) is 11.8 Å². The van der Waals surface area contributed by atoms with Gasteiger partial charge in [-0.15, -0.1) is 0 Å². The number of nitrogens with zero attached hydrogens (tertiary/aromatic N) is 3. The number of aromatic nitrogens is 1. The maximum Gasteiger partial charge on any atom is 0.244 e. The van der Waals surface area contributed by atoms with E-state index in [0.29, 0.717) is 10.8 Å². The molecule has 0 saturated carbocycles. The molecule has 1 aromatic carbocycles. The van der Waals surface area contributed by atoms with Crippen molar-refractivity contribution < 1.29 is 23.4 Å². The van der Waals surface area contributed by atoms with E-state index >= 15 is 0 Å². The smallest absolute Gasteiger partial charge is 0.244 e. The Morgan fingerprint density at radius 2 is 2.04 bits per heavy atom. The van der Waals surface area contributed by atoms with Crippen LogP contribution in [0.2, 0.25) is 5.02 Å². The van der Waals surface area contributed by atoms with Gasteiger partial charge in [-0.3, -0.25) is 0 Å². The molecule has 142 valence electrons. The Morgan fingerprint density at radius 3 is 2.59 bits per heavy atom. The maximum absolute atomic E-state index is 12.8. The number of sulfonamides is 1. The van der Waals surface area contributed by atoms with Crippen LogP contribution in [0.3, 0.4) is 0 Å². The van der Waals surface area contributed by atoms with E-state index in [1.807, 2.05) is 6.07 Å². The second kappa shape index (κ2) is 7.42. The summed E-state index contributed by atoms with van der Waals surface area (Å²) >= 11 is 5.83. The summed E-state index contributed by atoms with van der Waals surface area (Å²) in [6, 6.07) is 10.7. The molecule has 2 N–H and O–H groups in total. The summed E-state index contributed by atoms with van der Waals surface area (Å²) in [5, 5.41) is 29.6. The highest BCUT2D eigenvalue weighted by Crippen LogP contribution is 2.30. The Morgan fingerprint density at radius 1 is 1.33 bits per heavy atom. The Kier molecular flexibility index (Phi) is 5.37. The lowest BCUT2D eigenvalue weighted by molar-refractivity contribution is -0.0640. The molecule has 0 radical (unpaired) electrons. The first-order valence-electron chi connectivity index (χ1n) is 7.90. The molecule has 8 nitrogen and oxygen atoms in total. The molecule has 0 amide bonds. The van der Waals surface area contributed by atoms with Gasteiger partial charge < -0.3 is 14.9 Å². The topological polar surface area (TPSA) is 124 Å². The Bertz CT molecular complexity index is 960. The summed E-state index contributed by atoms with van der Waals surface area (Å²) in [6.07, 6.45) is 0.101. The first kappa shape index (κ1) is 19.5. The molecule has 0 spiro atoms. The van der Waals surface area contributed by atoms with E-state index in [0.717, 1.165) is 10.5 Å². The molecule has 0 bridgehead atoms. The van der Waals surface area contributed by atoms with Crippen molar-refractivity contribution in [1.29, 1.82) is 5.26 Å². The number of β-amino-alcohol motifs (C(OH)–C–C–N with tert-alkyl or cyclic N) is 1. The zero-order valence-electron chi connectivity index (χ0n) is 14.0. The number of nitriles is 1. The zero-order valence-corrected chi connectivity index (χ0v) is 15.6. The minimum absolute atomic E-state index is 0.0891. The largest absolute Gasteiger partial charge is 0.486 e. The summed E-state index contributed by atoms with van der Waals surface area (Å²) in [7, 11) is -3.99. The Hall–Kier alpha value is -2.22. The predicted molar refractivity (Wildman–Crippen MR) is 95.6 cm³/mol. The van der Waals surface area contributed by atoms with Crippen molar-refractivity contribution in [3.63, 3.8) is 0 Å². The molecule has 2 aromatic rings. The van der Waals surface area contributed by atoms with Gasteiger partial charge in [0.05, 0.1) is 13.2 Å². The van der Waals surface area contributed by atoms with Gasteiger partial charge in [-0.05, 0) is 36.4 Å². The highest BCUT2D eigenvalue weighted by molar-refractivity contribution is 7.89. The average Bonchev–Trinajstić information content (AvgIpc) is 3.01. The van der Waals surface area contributed by atoms with Gasteiger partial charge in [0.15, 0.2) is 0 Å². The molecular formula is C17H16ClN3O5S. The highest BCUT2D eigenvalue weighted by Gasteiger charge is 2.50. The van der Waals surface area contributed by atoms with Gasteiger partial charge in [0, 0.05) is 17.8 Å². The van der Waals surface area contributed by atoms with Gasteiger partial charge >= 0.3 is 0 Å². The lowest BCUT2D eigenvalue weighted by Crippen LogP contribution is -2.48. The van der Waals surface area contributed by atoms with Crippen LogP contribution in [0.25, 0.3) is 0 Å². The van der Waals surface area contributed by atoms with Gasteiger partial charge in [-0.25, -0.2) is 13.4 Å². The predicted octanol–water partition coefficient (Wildman–Crippen LogP) is 0.782. The van der Waals surface area contributed by atoms with E-state index in [-0.39, 0.29) is 23.7 Å². The SMILES string of the molecule is N#Cc1ccc(S(=O)(=O)N2C[C@H](Oc3ccc(Cl)cc3)[C@](O)(CO)C2)cn1. The third-order valence-electron chi connectivity index (χ3n) is 4.27. The van der Waals surface area contributed by atoms with E-state index in [2.05, 4.69) is 4.98 Å². The van der Waals surface area contributed by atoms with Crippen molar-refractivity contribution in [1.82, 2.24) is 9.29 Å². The number of aliphatic hydroxyl groups is 2. The lowest BCUT2D eigenvalue weighted by atomic mass is 10.0. The van der Waals surface area contributed by atoms with Gasteiger partial charge in [0.2, 0.25) is 10.0 Å². The molecule has 1 saturated heterocycles. The van der Waals surface area contributed by atoms with E-state index in [9.17, 15) is 18.6 Å². The number of rotatable bonds is 5. The standard InChI is InChI=1S/C17H16ClN3O5S/c18-12-1-4-14(5-2-12)26-16-9-21(10-17(16,23)11-22)27(24,25)15-6-3-13(7-19)20-8-15/h1-6,8,16,22-23H,9-11H2/t16-,17+/m0/s1. The van der Waals surface area contributed by atoms with Gasteiger partial charge in [-0.2, -0.15) is 9.57 Å². The van der Waals surface area contributed by atoms with Crippen LogP contribution in [0.4, 0.5) is 0 Å². The van der Waals surface area contributed by atoms with Crippen LogP contribution >= 0.6 is 11.6 Å². The van der Waals surface area contributed by atoms with E-state index < -0.39 is 28.3 Å². The van der Waals surface area contributed by atoms with Crippen LogP contribution in [0.5, 0.6) is 5.75 Å². The van der Waals surface area contributed by atoms with Crippen LogP contribution in [-0.4, -0.2) is 59.3 Å². The summed E-state index contributed by atoms with van der Waals surface area (Å²) in [5.74, 6) is 0.385. The Labute approximate surface area is 161 Å². The summed E-state index contributed by atoms with van der Waals surface area (Å²) in [6.45, 7) is -1.19. The minimum atomic E-state index is -3.99. The molecule has 3 rings (SSSR count). The fourth-order valence-electron chi connectivity index (χ4n) is 2.73. The van der Waals surface area contributed by atoms with E-state index in [1.165, 1.54) is 12.1 Å².